The monoisotopic (exact) mass is 437 g/mol. The Labute approximate surface area is 188 Å². The maximum Gasteiger partial charge on any atom is 0.304 e. The molecular weight excluding hydrogens is 406 g/mol. The molecule has 3 heterocycles. The molecule has 2 aromatic heterocycles. The Morgan fingerprint density at radius 1 is 1.34 bits per heavy atom. The Morgan fingerprint density at radius 2 is 2.22 bits per heavy atom. The van der Waals surface area contributed by atoms with Crippen LogP contribution in [0.3, 0.4) is 0 Å². The van der Waals surface area contributed by atoms with Crippen molar-refractivity contribution in [2.75, 3.05) is 25.5 Å². The van der Waals surface area contributed by atoms with E-state index in [0.717, 1.165) is 55.7 Å². The van der Waals surface area contributed by atoms with E-state index in [9.17, 15) is 9.90 Å². The highest BCUT2D eigenvalue weighted by atomic mass is 16.5. The summed E-state index contributed by atoms with van der Waals surface area (Å²) in [7, 11) is 1.53. The molecule has 0 spiro atoms. The number of unbranched alkanes of at least 4 members (excludes halogenated alkanes) is 1. The second-order valence-corrected chi connectivity index (χ2v) is 7.78. The van der Waals surface area contributed by atoms with Crippen LogP contribution in [0, 0.1) is 0 Å². The van der Waals surface area contributed by atoms with Gasteiger partial charge in [-0.05, 0) is 61.1 Å². The molecule has 0 aromatic carbocycles. The first-order valence-corrected chi connectivity index (χ1v) is 11.0. The van der Waals surface area contributed by atoms with Gasteiger partial charge in [0.2, 0.25) is 5.88 Å². The number of fused-ring (bicyclic) bond motifs is 1. The number of aryl methyl sites for hydroxylation is 2. The number of anilines is 1. The van der Waals surface area contributed by atoms with E-state index in [0.29, 0.717) is 18.0 Å². The van der Waals surface area contributed by atoms with Crippen molar-refractivity contribution in [3.8, 4) is 5.88 Å². The summed E-state index contributed by atoms with van der Waals surface area (Å²) in [6.45, 7) is 1.63. The number of nitrogens with one attached hydrogen (secondary N) is 1. The van der Waals surface area contributed by atoms with E-state index in [4.69, 9.17) is 15.5 Å². The molecule has 1 unspecified atom stereocenters. The van der Waals surface area contributed by atoms with Crippen molar-refractivity contribution in [3.63, 3.8) is 0 Å². The van der Waals surface area contributed by atoms with Gasteiger partial charge in [0.25, 0.3) is 0 Å². The Hall–Kier alpha value is -3.42. The lowest BCUT2D eigenvalue weighted by atomic mass is 9.90. The fourth-order valence-electron chi connectivity index (χ4n) is 3.76. The van der Waals surface area contributed by atoms with E-state index in [2.05, 4.69) is 27.4 Å². The van der Waals surface area contributed by atoms with Crippen LogP contribution < -0.4 is 15.8 Å². The number of aromatic nitrogens is 2. The highest BCUT2D eigenvalue weighted by molar-refractivity contribution is 5.83. The van der Waals surface area contributed by atoms with Crippen LogP contribution in [0.1, 0.15) is 48.4 Å². The Kier molecular flexibility index (Phi) is 8.60. The SMILES string of the molecule is COc1ccc(C(CC(=O)O)C(C=NCCCCc2ccc3c(n2)NCCC3)=CN)cn1. The fraction of sp³-hybridized carbons (Fsp3) is 0.417. The quantitative estimate of drug-likeness (QED) is 0.364. The normalized spacial score (nSPS) is 14.6. The molecule has 0 bridgehead atoms. The van der Waals surface area contributed by atoms with E-state index in [1.54, 1.807) is 24.5 Å². The van der Waals surface area contributed by atoms with Gasteiger partial charge in [-0.2, -0.15) is 0 Å². The van der Waals surface area contributed by atoms with Crippen molar-refractivity contribution in [3.05, 3.63) is 59.1 Å². The van der Waals surface area contributed by atoms with E-state index in [-0.39, 0.29) is 6.42 Å². The molecule has 0 saturated heterocycles. The van der Waals surface area contributed by atoms with E-state index < -0.39 is 11.9 Å². The third-order valence-electron chi connectivity index (χ3n) is 5.51. The lowest BCUT2D eigenvalue weighted by molar-refractivity contribution is -0.137. The van der Waals surface area contributed by atoms with E-state index in [1.807, 2.05) is 0 Å². The fourth-order valence-corrected chi connectivity index (χ4v) is 3.76. The number of nitrogens with two attached hydrogens (primary N) is 1. The maximum atomic E-state index is 11.4. The van der Waals surface area contributed by atoms with Crippen LogP contribution in [-0.2, 0) is 17.6 Å². The molecule has 0 saturated carbocycles. The molecule has 1 atom stereocenters. The molecule has 1 aliphatic heterocycles. The minimum Gasteiger partial charge on any atom is -0.481 e. The van der Waals surface area contributed by atoms with Gasteiger partial charge >= 0.3 is 5.97 Å². The Balaban J connectivity index is 1.52. The number of aliphatic imine (C=N–C) groups is 1. The number of rotatable bonds is 11. The summed E-state index contributed by atoms with van der Waals surface area (Å²) in [6.07, 6.45) is 9.67. The molecule has 8 heteroatoms. The first kappa shape index (κ1) is 23.2. The minimum absolute atomic E-state index is 0.0961. The molecule has 0 radical (unpaired) electrons. The number of allylic oxidation sites excluding steroid dienone is 1. The van der Waals surface area contributed by atoms with Gasteiger partial charge in [0, 0.05) is 43.2 Å². The highest BCUT2D eigenvalue weighted by Gasteiger charge is 2.20. The molecule has 0 fully saturated rings. The number of hydrogen-bond acceptors (Lipinski definition) is 7. The van der Waals surface area contributed by atoms with Crippen molar-refractivity contribution in [2.45, 2.75) is 44.4 Å². The zero-order chi connectivity index (χ0) is 22.8. The van der Waals surface area contributed by atoms with Gasteiger partial charge < -0.3 is 20.9 Å². The van der Waals surface area contributed by atoms with Crippen molar-refractivity contribution in [1.29, 1.82) is 0 Å². The second-order valence-electron chi connectivity index (χ2n) is 7.78. The number of methoxy groups -OCH3 is 1. The molecule has 4 N–H and O–H groups in total. The number of carbonyl (C=O) groups is 1. The van der Waals surface area contributed by atoms with Crippen LogP contribution in [0.5, 0.6) is 5.88 Å². The lowest BCUT2D eigenvalue weighted by Crippen LogP contribution is -2.14. The maximum absolute atomic E-state index is 11.4. The third kappa shape index (κ3) is 6.54. The standard InChI is InChI=1S/C24H31N5O3/c1-32-22-10-8-18(16-28-22)21(13-23(30)31)19(14-25)15-26-11-3-2-6-20-9-7-17-5-4-12-27-24(17)29-20/h7-10,14-16,21H,2-6,11-13,25H2,1H3,(H,27,29)(H,30,31). The summed E-state index contributed by atoms with van der Waals surface area (Å²) in [6, 6.07) is 7.80. The predicted molar refractivity (Wildman–Crippen MR) is 125 cm³/mol. The van der Waals surface area contributed by atoms with Gasteiger partial charge in [-0.3, -0.25) is 9.79 Å². The van der Waals surface area contributed by atoms with Gasteiger partial charge in [0.05, 0.1) is 13.5 Å². The van der Waals surface area contributed by atoms with Crippen LogP contribution >= 0.6 is 0 Å². The summed E-state index contributed by atoms with van der Waals surface area (Å²) in [5.41, 5.74) is 9.61. The summed E-state index contributed by atoms with van der Waals surface area (Å²) in [4.78, 5) is 24.8. The van der Waals surface area contributed by atoms with Crippen molar-refractivity contribution in [1.82, 2.24) is 9.97 Å². The number of aliphatic carboxylic acids is 1. The van der Waals surface area contributed by atoms with Crippen LogP contribution in [0.4, 0.5) is 5.82 Å². The summed E-state index contributed by atoms with van der Waals surface area (Å²) >= 11 is 0. The van der Waals surface area contributed by atoms with Crippen LogP contribution in [0.25, 0.3) is 0 Å². The number of pyridine rings is 2. The van der Waals surface area contributed by atoms with Gasteiger partial charge in [0.15, 0.2) is 0 Å². The zero-order valence-electron chi connectivity index (χ0n) is 18.5. The highest BCUT2D eigenvalue weighted by Crippen LogP contribution is 2.27. The molecule has 8 nitrogen and oxygen atoms in total. The summed E-state index contributed by atoms with van der Waals surface area (Å²) < 4.78 is 5.08. The van der Waals surface area contributed by atoms with Crippen molar-refractivity contribution in [2.24, 2.45) is 10.7 Å². The van der Waals surface area contributed by atoms with Crippen molar-refractivity contribution < 1.29 is 14.6 Å². The number of carboxylic acids is 1. The molecular formula is C24H31N5O3. The molecule has 2 aromatic rings. The Morgan fingerprint density at radius 3 is 2.94 bits per heavy atom. The number of nitrogens with zero attached hydrogens (tertiary/aromatic N) is 3. The molecule has 0 aliphatic carbocycles. The summed E-state index contributed by atoms with van der Waals surface area (Å²) in [5, 5.41) is 12.7. The van der Waals surface area contributed by atoms with Crippen LogP contribution in [0.15, 0.2) is 47.2 Å². The molecule has 1 aliphatic rings. The average Bonchev–Trinajstić information content (AvgIpc) is 2.82. The lowest BCUT2D eigenvalue weighted by Gasteiger charge is -2.17. The first-order valence-electron chi connectivity index (χ1n) is 11.0. The smallest absolute Gasteiger partial charge is 0.304 e. The van der Waals surface area contributed by atoms with Gasteiger partial charge in [-0.25, -0.2) is 9.97 Å². The van der Waals surface area contributed by atoms with E-state index in [1.165, 1.54) is 18.9 Å². The molecule has 170 valence electrons. The Bertz CT molecular complexity index is 957. The van der Waals surface area contributed by atoms with Gasteiger partial charge in [-0.15, -0.1) is 0 Å². The largest absolute Gasteiger partial charge is 0.481 e. The predicted octanol–water partition coefficient (Wildman–Crippen LogP) is 3.34. The number of hydrogen-bond donors (Lipinski definition) is 3. The van der Waals surface area contributed by atoms with E-state index >= 15 is 0 Å². The average molecular weight is 438 g/mol. The molecule has 32 heavy (non-hydrogen) atoms. The topological polar surface area (TPSA) is 123 Å². The molecule has 0 amide bonds. The first-order chi connectivity index (χ1) is 15.6. The van der Waals surface area contributed by atoms with Crippen molar-refractivity contribution >= 4 is 18.0 Å². The van der Waals surface area contributed by atoms with Crippen LogP contribution in [0.2, 0.25) is 0 Å². The van der Waals surface area contributed by atoms with Gasteiger partial charge in [-0.1, -0.05) is 12.1 Å². The van der Waals surface area contributed by atoms with Gasteiger partial charge in [0.1, 0.15) is 5.82 Å². The number of ether oxygens (including phenoxy) is 1. The number of carboxylic acid groups (broad SMARTS) is 1. The van der Waals surface area contributed by atoms with Crippen LogP contribution in [-0.4, -0.2) is 47.5 Å². The molecule has 3 rings (SSSR count). The minimum atomic E-state index is -0.911. The second kappa shape index (κ2) is 11.8. The third-order valence-corrected chi connectivity index (χ3v) is 5.51. The zero-order valence-corrected chi connectivity index (χ0v) is 18.5. The summed E-state index contributed by atoms with van der Waals surface area (Å²) in [5.74, 6) is 0.165.